The van der Waals surface area contributed by atoms with Gasteiger partial charge in [-0.15, -0.1) is 0 Å². The van der Waals surface area contributed by atoms with Crippen molar-refractivity contribution in [2.75, 3.05) is 6.54 Å². The summed E-state index contributed by atoms with van der Waals surface area (Å²) < 4.78 is 49.2. The van der Waals surface area contributed by atoms with Gasteiger partial charge in [-0.3, -0.25) is 0 Å². The van der Waals surface area contributed by atoms with Crippen LogP contribution in [0.1, 0.15) is 57.1 Å². The van der Waals surface area contributed by atoms with Gasteiger partial charge in [0.15, 0.2) is 0 Å². The third-order valence-electron chi connectivity index (χ3n) is 6.53. The highest BCUT2D eigenvalue weighted by atomic mass is 35.5. The molecule has 0 radical (unpaired) electrons. The number of nitrogens with one attached hydrogen (secondary N) is 1. The van der Waals surface area contributed by atoms with E-state index in [4.69, 9.17) is 44.1 Å². The Morgan fingerprint density at radius 3 is 2.44 bits per heavy atom. The fourth-order valence-corrected chi connectivity index (χ4v) is 5.16. The summed E-state index contributed by atoms with van der Waals surface area (Å²) in [5.74, 6) is 5.96. The molecule has 6 nitrogen and oxygen atoms in total. The number of carboxylic acids is 1. The number of hydrogen-bond acceptors (Lipinski definition) is 5. The van der Waals surface area contributed by atoms with Crippen LogP contribution in [0.5, 0.6) is 5.75 Å². The SMILES string of the molecule is O=C(O)c1cc(C#Cc2ccc(OCc3c(-c4c(Cl)cccc4Cl)noc3C3CC3)cc2Cl)cc(CNCC(F)(F)F)c1. The maximum atomic E-state index is 12.5. The average molecular weight is 650 g/mol. The number of aromatic carboxylic acids is 1. The van der Waals surface area contributed by atoms with Crippen molar-refractivity contribution >= 4 is 40.8 Å². The van der Waals surface area contributed by atoms with Crippen LogP contribution in [0.3, 0.4) is 0 Å². The molecule has 43 heavy (non-hydrogen) atoms. The van der Waals surface area contributed by atoms with Gasteiger partial charge < -0.3 is 19.7 Å². The minimum atomic E-state index is -4.39. The molecule has 0 unspecified atom stereocenters. The van der Waals surface area contributed by atoms with Gasteiger partial charge in [0.1, 0.15) is 23.8 Å². The van der Waals surface area contributed by atoms with Crippen molar-refractivity contribution in [3.05, 3.63) is 103 Å². The predicted molar refractivity (Wildman–Crippen MR) is 157 cm³/mol. The van der Waals surface area contributed by atoms with E-state index in [1.165, 1.54) is 18.2 Å². The van der Waals surface area contributed by atoms with Gasteiger partial charge in [0.25, 0.3) is 0 Å². The zero-order valence-electron chi connectivity index (χ0n) is 22.2. The van der Waals surface area contributed by atoms with Gasteiger partial charge in [-0.1, -0.05) is 57.9 Å². The first-order chi connectivity index (χ1) is 20.5. The molecule has 1 fully saturated rings. The minimum absolute atomic E-state index is 0.0952. The van der Waals surface area contributed by atoms with Gasteiger partial charge in [-0.25, -0.2) is 4.79 Å². The summed E-state index contributed by atoms with van der Waals surface area (Å²) in [6.45, 7) is -1.26. The average Bonchev–Trinajstić information content (AvgIpc) is 3.70. The molecule has 1 saturated carbocycles. The zero-order chi connectivity index (χ0) is 30.7. The van der Waals surface area contributed by atoms with E-state index < -0.39 is 18.7 Å². The summed E-state index contributed by atoms with van der Waals surface area (Å²) in [5, 5.41) is 17.1. The van der Waals surface area contributed by atoms with Crippen LogP contribution in [-0.4, -0.2) is 29.0 Å². The lowest BCUT2D eigenvalue weighted by Gasteiger charge is -2.10. The van der Waals surface area contributed by atoms with Crippen molar-refractivity contribution < 1.29 is 32.3 Å². The first kappa shape index (κ1) is 30.8. The molecule has 0 amide bonds. The third kappa shape index (κ3) is 7.84. The van der Waals surface area contributed by atoms with Crippen LogP contribution in [0.15, 0.2) is 59.1 Å². The quantitative estimate of drug-likeness (QED) is 0.177. The maximum absolute atomic E-state index is 12.5. The minimum Gasteiger partial charge on any atom is -0.489 e. The lowest BCUT2D eigenvalue weighted by Crippen LogP contribution is -2.28. The Balaban J connectivity index is 1.34. The molecule has 5 rings (SSSR count). The lowest BCUT2D eigenvalue weighted by atomic mass is 10.0. The molecule has 0 aliphatic heterocycles. The maximum Gasteiger partial charge on any atom is 0.401 e. The highest BCUT2D eigenvalue weighted by Crippen LogP contribution is 2.46. The number of aromatic nitrogens is 1. The van der Waals surface area contributed by atoms with Crippen molar-refractivity contribution in [1.29, 1.82) is 0 Å². The van der Waals surface area contributed by atoms with Crippen LogP contribution in [-0.2, 0) is 13.2 Å². The Kier molecular flexibility index (Phi) is 9.23. The van der Waals surface area contributed by atoms with Crippen molar-refractivity contribution in [3.8, 4) is 28.8 Å². The number of rotatable bonds is 9. The molecule has 222 valence electrons. The van der Waals surface area contributed by atoms with Gasteiger partial charge in [0.2, 0.25) is 0 Å². The topological polar surface area (TPSA) is 84.6 Å². The van der Waals surface area contributed by atoms with Crippen LogP contribution in [0, 0.1) is 11.8 Å². The Bertz CT molecular complexity index is 1720. The molecule has 0 spiro atoms. The normalized spacial score (nSPS) is 13.0. The first-order valence-electron chi connectivity index (χ1n) is 13.0. The van der Waals surface area contributed by atoms with Crippen LogP contribution >= 0.6 is 34.8 Å². The predicted octanol–water partition coefficient (Wildman–Crippen LogP) is 8.51. The van der Waals surface area contributed by atoms with Crippen LogP contribution < -0.4 is 10.1 Å². The largest absolute Gasteiger partial charge is 0.489 e. The van der Waals surface area contributed by atoms with Crippen LogP contribution in [0.2, 0.25) is 15.1 Å². The standard InChI is InChI=1S/C31H22Cl3F3N2O4/c32-24-2-1-3-25(33)27(24)28-23(29(43-39-28)20-6-7-20)15-42-22-9-8-19(26(34)13-22)5-4-17-10-18(12-21(11-17)30(40)41)14-38-16-31(35,36)37/h1-3,8-13,20,38H,6-7,14-16H2,(H,40,41). The third-order valence-corrected chi connectivity index (χ3v) is 7.47. The molecule has 1 heterocycles. The Morgan fingerprint density at radius 1 is 1.05 bits per heavy atom. The number of ether oxygens (including phenoxy) is 1. The molecular weight excluding hydrogens is 628 g/mol. The van der Waals surface area contributed by atoms with Crippen molar-refractivity contribution in [3.63, 3.8) is 0 Å². The Hall–Kier alpha value is -3.68. The number of hydrogen-bond donors (Lipinski definition) is 2. The molecular formula is C31H22Cl3F3N2O4. The Labute approximate surface area is 259 Å². The van der Waals surface area contributed by atoms with Crippen molar-refractivity contribution in [1.82, 2.24) is 10.5 Å². The molecule has 0 bridgehead atoms. The summed E-state index contributed by atoms with van der Waals surface area (Å²) in [7, 11) is 0. The summed E-state index contributed by atoms with van der Waals surface area (Å²) in [4.78, 5) is 11.5. The van der Waals surface area contributed by atoms with Gasteiger partial charge in [-0.2, -0.15) is 13.2 Å². The van der Waals surface area contributed by atoms with Crippen LogP contribution in [0.4, 0.5) is 13.2 Å². The lowest BCUT2D eigenvalue weighted by molar-refractivity contribution is -0.125. The number of nitrogens with zero attached hydrogens (tertiary/aromatic N) is 1. The highest BCUT2D eigenvalue weighted by molar-refractivity contribution is 6.39. The highest BCUT2D eigenvalue weighted by Gasteiger charge is 2.33. The zero-order valence-corrected chi connectivity index (χ0v) is 24.5. The number of halogens is 6. The van der Waals surface area contributed by atoms with E-state index in [1.54, 1.807) is 36.4 Å². The van der Waals surface area contributed by atoms with E-state index in [2.05, 4.69) is 22.3 Å². The molecule has 0 saturated heterocycles. The number of carboxylic acid groups (broad SMARTS) is 1. The molecule has 1 aliphatic carbocycles. The molecule has 2 N–H and O–H groups in total. The molecule has 3 aromatic carbocycles. The molecule has 0 atom stereocenters. The van der Waals surface area contributed by atoms with E-state index >= 15 is 0 Å². The van der Waals surface area contributed by atoms with E-state index in [0.29, 0.717) is 43.7 Å². The van der Waals surface area contributed by atoms with Crippen molar-refractivity contribution in [2.24, 2.45) is 0 Å². The molecule has 4 aromatic rings. The van der Waals surface area contributed by atoms with Gasteiger partial charge >= 0.3 is 12.1 Å². The molecule has 1 aromatic heterocycles. The first-order valence-corrected chi connectivity index (χ1v) is 14.1. The summed E-state index contributed by atoms with van der Waals surface area (Å²) in [5.41, 5.74) is 2.83. The summed E-state index contributed by atoms with van der Waals surface area (Å²) in [6.07, 6.45) is -2.42. The van der Waals surface area contributed by atoms with E-state index in [-0.39, 0.29) is 29.7 Å². The fraction of sp³-hybridized carbons (Fsp3) is 0.226. The van der Waals surface area contributed by atoms with Gasteiger partial charge in [0.05, 0.1) is 32.7 Å². The smallest absolute Gasteiger partial charge is 0.401 e. The molecule has 12 heteroatoms. The van der Waals surface area contributed by atoms with Crippen LogP contribution in [0.25, 0.3) is 11.3 Å². The fourth-order valence-electron chi connectivity index (χ4n) is 4.37. The monoisotopic (exact) mass is 648 g/mol. The van der Waals surface area contributed by atoms with Crippen molar-refractivity contribution in [2.45, 2.75) is 38.1 Å². The summed E-state index contributed by atoms with van der Waals surface area (Å²) >= 11 is 19.3. The van der Waals surface area contributed by atoms with E-state index in [1.807, 2.05) is 0 Å². The van der Waals surface area contributed by atoms with E-state index in [9.17, 15) is 23.1 Å². The Morgan fingerprint density at radius 2 is 1.79 bits per heavy atom. The van der Waals surface area contributed by atoms with Gasteiger partial charge in [-0.05, 0) is 60.9 Å². The second kappa shape index (κ2) is 12.9. The molecule has 1 aliphatic rings. The summed E-state index contributed by atoms with van der Waals surface area (Å²) in [6, 6.07) is 14.3. The number of benzene rings is 3. The number of carbonyl (C=O) groups is 1. The number of alkyl halides is 3. The second-order valence-corrected chi connectivity index (χ2v) is 11.1. The second-order valence-electron chi connectivity index (χ2n) is 9.87. The van der Waals surface area contributed by atoms with E-state index in [0.717, 1.165) is 24.2 Å². The van der Waals surface area contributed by atoms with Gasteiger partial charge in [0, 0.05) is 35.2 Å².